The molecule has 2 heterocycles. The standard InChI is InChI=1S/C23H20F3NO4S/c1-12-19(22(29)30-2)20(13-5-7-15(8-6-13)31-23(24,25)26)21-16(27-12)10-14(11-17(21)28)18-4-3-9-32-18/h3-9,14,20,27H,10-11H2,1-2H3/t14-,20-/m1/s1. The molecule has 0 fully saturated rings. The number of carbonyl (C=O) groups is 2. The van der Waals surface area contributed by atoms with Crippen molar-refractivity contribution in [3.05, 3.63) is 74.8 Å². The van der Waals surface area contributed by atoms with E-state index in [4.69, 9.17) is 4.74 Å². The van der Waals surface area contributed by atoms with Gasteiger partial charge in [-0.2, -0.15) is 0 Å². The number of ketones is 1. The SMILES string of the molecule is COC(=O)C1=C(C)NC2=C(C(=O)C[C@H](c3cccs3)C2)[C@@H]1c1ccc(OC(F)(F)F)cc1. The molecule has 0 saturated carbocycles. The lowest BCUT2D eigenvalue weighted by Gasteiger charge is -2.36. The summed E-state index contributed by atoms with van der Waals surface area (Å²) in [6.07, 6.45) is -3.92. The van der Waals surface area contributed by atoms with Gasteiger partial charge in [-0.25, -0.2) is 4.79 Å². The van der Waals surface area contributed by atoms with Gasteiger partial charge in [0.15, 0.2) is 5.78 Å². The number of Topliss-reactive ketones (excluding diaryl/α,β-unsaturated/α-hetero) is 1. The summed E-state index contributed by atoms with van der Waals surface area (Å²) in [5.74, 6) is -1.79. The Balaban J connectivity index is 1.76. The molecule has 0 saturated heterocycles. The zero-order chi connectivity index (χ0) is 23.0. The minimum atomic E-state index is -4.81. The molecule has 0 spiro atoms. The molecule has 32 heavy (non-hydrogen) atoms. The molecular weight excluding hydrogens is 443 g/mol. The van der Waals surface area contributed by atoms with Crippen LogP contribution >= 0.6 is 11.3 Å². The summed E-state index contributed by atoms with van der Waals surface area (Å²) < 4.78 is 46.5. The van der Waals surface area contributed by atoms with Gasteiger partial charge in [-0.15, -0.1) is 24.5 Å². The second-order valence-electron chi connectivity index (χ2n) is 7.64. The van der Waals surface area contributed by atoms with Crippen LogP contribution in [0.25, 0.3) is 0 Å². The third-order valence-electron chi connectivity index (χ3n) is 5.63. The van der Waals surface area contributed by atoms with Crippen LogP contribution in [0.5, 0.6) is 5.75 Å². The molecule has 2 aliphatic rings. The van der Waals surface area contributed by atoms with Gasteiger partial charge in [-0.1, -0.05) is 18.2 Å². The van der Waals surface area contributed by atoms with E-state index < -0.39 is 18.2 Å². The lowest BCUT2D eigenvalue weighted by atomic mass is 9.72. The van der Waals surface area contributed by atoms with E-state index in [0.29, 0.717) is 29.7 Å². The molecule has 1 aliphatic carbocycles. The number of ether oxygens (including phenoxy) is 2. The summed E-state index contributed by atoms with van der Waals surface area (Å²) in [6.45, 7) is 1.73. The van der Waals surface area contributed by atoms with E-state index in [2.05, 4.69) is 10.1 Å². The predicted octanol–water partition coefficient (Wildman–Crippen LogP) is 5.18. The molecule has 0 bridgehead atoms. The number of rotatable bonds is 4. The Morgan fingerprint density at radius 3 is 2.47 bits per heavy atom. The molecule has 5 nitrogen and oxygen atoms in total. The number of nitrogens with one attached hydrogen (secondary N) is 1. The summed E-state index contributed by atoms with van der Waals surface area (Å²) in [4.78, 5) is 27.0. The maximum atomic E-state index is 13.3. The first-order valence-corrected chi connectivity index (χ1v) is 10.8. The highest BCUT2D eigenvalue weighted by molar-refractivity contribution is 7.10. The van der Waals surface area contributed by atoms with Crippen molar-refractivity contribution in [1.29, 1.82) is 0 Å². The van der Waals surface area contributed by atoms with Crippen LogP contribution in [0.4, 0.5) is 13.2 Å². The van der Waals surface area contributed by atoms with Gasteiger partial charge in [0.2, 0.25) is 0 Å². The predicted molar refractivity (Wildman–Crippen MR) is 112 cm³/mol. The molecule has 0 radical (unpaired) electrons. The second kappa shape index (κ2) is 8.46. The van der Waals surface area contributed by atoms with Crippen LogP contribution in [-0.2, 0) is 14.3 Å². The topological polar surface area (TPSA) is 64.6 Å². The number of esters is 1. The number of dihydropyridines is 1. The number of methoxy groups -OCH3 is 1. The summed E-state index contributed by atoms with van der Waals surface area (Å²) in [7, 11) is 1.25. The van der Waals surface area contributed by atoms with Crippen molar-refractivity contribution in [1.82, 2.24) is 5.32 Å². The molecular formula is C23H20F3NO4S. The quantitative estimate of drug-likeness (QED) is 0.633. The first kappa shape index (κ1) is 22.1. The average molecular weight is 463 g/mol. The number of halogens is 3. The molecule has 4 rings (SSSR count). The van der Waals surface area contributed by atoms with Gasteiger partial charge in [0, 0.05) is 40.1 Å². The number of benzene rings is 1. The highest BCUT2D eigenvalue weighted by Crippen LogP contribution is 2.46. The van der Waals surface area contributed by atoms with Crippen molar-refractivity contribution in [3.8, 4) is 5.75 Å². The highest BCUT2D eigenvalue weighted by Gasteiger charge is 2.41. The molecule has 168 valence electrons. The van der Waals surface area contributed by atoms with Crippen LogP contribution in [0.2, 0.25) is 0 Å². The van der Waals surface area contributed by atoms with Crippen molar-refractivity contribution >= 4 is 23.1 Å². The fraction of sp³-hybridized carbons (Fsp3) is 0.304. The Morgan fingerprint density at radius 1 is 1.16 bits per heavy atom. The lowest BCUT2D eigenvalue weighted by molar-refractivity contribution is -0.274. The highest BCUT2D eigenvalue weighted by atomic mass is 32.1. The van der Waals surface area contributed by atoms with Crippen LogP contribution in [0, 0.1) is 0 Å². The number of carbonyl (C=O) groups excluding carboxylic acids is 2. The van der Waals surface area contributed by atoms with E-state index in [1.807, 2.05) is 17.5 Å². The largest absolute Gasteiger partial charge is 0.573 e. The van der Waals surface area contributed by atoms with E-state index in [9.17, 15) is 22.8 Å². The number of hydrogen-bond acceptors (Lipinski definition) is 6. The van der Waals surface area contributed by atoms with E-state index in [1.54, 1.807) is 18.3 Å². The van der Waals surface area contributed by atoms with E-state index >= 15 is 0 Å². The van der Waals surface area contributed by atoms with Gasteiger partial charge < -0.3 is 14.8 Å². The molecule has 1 aromatic heterocycles. The summed E-state index contributed by atoms with van der Waals surface area (Å²) in [6, 6.07) is 9.17. The van der Waals surface area contributed by atoms with Gasteiger partial charge >= 0.3 is 12.3 Å². The Kier molecular flexibility index (Phi) is 5.85. The van der Waals surface area contributed by atoms with Crippen LogP contribution in [0.15, 0.2) is 64.3 Å². The molecule has 2 aromatic rings. The third-order valence-corrected chi connectivity index (χ3v) is 6.66. The van der Waals surface area contributed by atoms with E-state index in [1.165, 1.54) is 31.4 Å². The van der Waals surface area contributed by atoms with E-state index in [-0.39, 0.29) is 23.0 Å². The Hall–Kier alpha value is -3.07. The zero-order valence-corrected chi connectivity index (χ0v) is 18.1. The van der Waals surface area contributed by atoms with Crippen LogP contribution < -0.4 is 10.1 Å². The summed E-state index contributed by atoms with van der Waals surface area (Å²) in [5.41, 5.74) is 2.50. The van der Waals surface area contributed by atoms with Gasteiger partial charge in [-0.05, 0) is 42.5 Å². The average Bonchev–Trinajstić information content (AvgIpc) is 3.26. The minimum Gasteiger partial charge on any atom is -0.466 e. The van der Waals surface area contributed by atoms with Crippen LogP contribution in [-0.4, -0.2) is 25.2 Å². The van der Waals surface area contributed by atoms with Crippen molar-refractivity contribution in [3.63, 3.8) is 0 Å². The Morgan fingerprint density at radius 2 is 1.88 bits per heavy atom. The van der Waals surface area contributed by atoms with Crippen molar-refractivity contribution < 1.29 is 32.2 Å². The summed E-state index contributed by atoms with van der Waals surface area (Å²) in [5, 5.41) is 5.18. The van der Waals surface area contributed by atoms with Crippen LogP contribution in [0.3, 0.4) is 0 Å². The number of allylic oxidation sites excluding steroid dienone is 3. The Bertz CT molecular complexity index is 1100. The number of hydrogen-bond donors (Lipinski definition) is 1. The van der Waals surface area contributed by atoms with Gasteiger partial charge in [0.25, 0.3) is 0 Å². The molecule has 1 aromatic carbocycles. The smallest absolute Gasteiger partial charge is 0.466 e. The molecule has 1 N–H and O–H groups in total. The van der Waals surface area contributed by atoms with Gasteiger partial charge in [0.05, 0.1) is 12.7 Å². The Labute approximate surface area is 186 Å². The normalized spacial score (nSPS) is 21.2. The fourth-order valence-corrected chi connectivity index (χ4v) is 5.17. The zero-order valence-electron chi connectivity index (χ0n) is 17.3. The van der Waals surface area contributed by atoms with E-state index in [0.717, 1.165) is 10.6 Å². The molecule has 0 amide bonds. The molecule has 2 atom stereocenters. The molecule has 1 aliphatic heterocycles. The van der Waals surface area contributed by atoms with Crippen molar-refractivity contribution in [2.75, 3.05) is 7.11 Å². The summed E-state index contributed by atoms with van der Waals surface area (Å²) >= 11 is 1.59. The minimum absolute atomic E-state index is 0.0319. The first-order valence-electron chi connectivity index (χ1n) is 9.89. The fourth-order valence-electron chi connectivity index (χ4n) is 4.34. The van der Waals surface area contributed by atoms with Gasteiger partial charge in [-0.3, -0.25) is 4.79 Å². The van der Waals surface area contributed by atoms with Crippen molar-refractivity contribution in [2.24, 2.45) is 0 Å². The number of thiophene rings is 1. The van der Waals surface area contributed by atoms with Crippen LogP contribution in [0.1, 0.15) is 42.0 Å². The molecule has 0 unspecified atom stereocenters. The lowest BCUT2D eigenvalue weighted by Crippen LogP contribution is -2.35. The molecule has 9 heteroatoms. The first-order chi connectivity index (χ1) is 15.2. The monoisotopic (exact) mass is 463 g/mol. The third kappa shape index (κ3) is 4.29. The van der Waals surface area contributed by atoms with Crippen molar-refractivity contribution in [2.45, 2.75) is 38.0 Å². The maximum absolute atomic E-state index is 13.3. The van der Waals surface area contributed by atoms with Gasteiger partial charge in [0.1, 0.15) is 5.75 Å². The second-order valence-corrected chi connectivity index (χ2v) is 8.62. The number of alkyl halides is 3. The maximum Gasteiger partial charge on any atom is 0.573 e.